The first-order valence-corrected chi connectivity index (χ1v) is 9.37. The van der Waals surface area contributed by atoms with Crippen LogP contribution in [-0.4, -0.2) is 34.3 Å². The van der Waals surface area contributed by atoms with Crippen LogP contribution in [0.4, 0.5) is 4.39 Å². The van der Waals surface area contributed by atoms with Crippen molar-refractivity contribution in [3.63, 3.8) is 0 Å². The van der Waals surface area contributed by atoms with Gasteiger partial charge in [0.15, 0.2) is 0 Å². The zero-order chi connectivity index (χ0) is 21.3. The van der Waals surface area contributed by atoms with Gasteiger partial charge in [0.25, 0.3) is 11.8 Å². The van der Waals surface area contributed by atoms with E-state index >= 15 is 0 Å². The average molecular weight is 404 g/mol. The lowest BCUT2D eigenvalue weighted by Gasteiger charge is -2.15. The van der Waals surface area contributed by atoms with Gasteiger partial charge in [0, 0.05) is 0 Å². The Hall–Kier alpha value is -3.87. The molecule has 0 fully saturated rings. The Morgan fingerprint density at radius 3 is 2.20 bits per heavy atom. The molecule has 150 valence electrons. The van der Waals surface area contributed by atoms with Crippen LogP contribution >= 0.6 is 0 Å². The number of hydrogen-bond donors (Lipinski definition) is 0. The first-order chi connectivity index (χ1) is 14.5. The van der Waals surface area contributed by atoms with Crippen molar-refractivity contribution in [1.29, 1.82) is 0 Å². The molecule has 0 saturated heterocycles. The molecule has 0 radical (unpaired) electrons. The first kappa shape index (κ1) is 19.4. The second kappa shape index (κ2) is 7.87. The smallest absolute Gasteiger partial charge is 0.356 e. The second-order valence-corrected chi connectivity index (χ2v) is 6.70. The van der Waals surface area contributed by atoms with Crippen molar-refractivity contribution >= 4 is 17.8 Å². The van der Waals surface area contributed by atoms with Gasteiger partial charge in [-0.05, 0) is 54.4 Å². The number of rotatable bonds is 5. The summed E-state index contributed by atoms with van der Waals surface area (Å²) in [5.74, 6) is -1.83. The average Bonchev–Trinajstić information content (AvgIpc) is 2.99. The van der Waals surface area contributed by atoms with E-state index in [0.29, 0.717) is 27.9 Å². The lowest BCUT2D eigenvalue weighted by atomic mass is 10.0. The molecule has 2 amide bonds. The molecular formula is C23H17FN2O4. The zero-order valence-electron chi connectivity index (χ0n) is 16.1. The second-order valence-electron chi connectivity index (χ2n) is 6.70. The Bertz CT molecular complexity index is 1120. The van der Waals surface area contributed by atoms with Crippen molar-refractivity contribution in [1.82, 2.24) is 9.88 Å². The molecule has 0 spiro atoms. The molecule has 0 atom stereocenters. The Balaban J connectivity index is 1.72. The monoisotopic (exact) mass is 404 g/mol. The molecule has 6 nitrogen and oxygen atoms in total. The van der Waals surface area contributed by atoms with Crippen LogP contribution in [-0.2, 0) is 11.3 Å². The minimum atomic E-state index is -0.620. The van der Waals surface area contributed by atoms with Crippen LogP contribution < -0.4 is 0 Å². The van der Waals surface area contributed by atoms with E-state index in [4.69, 9.17) is 4.74 Å². The fourth-order valence-electron chi connectivity index (χ4n) is 3.33. The lowest BCUT2D eigenvalue weighted by molar-refractivity contribution is 0.0519. The number of ether oxygens (including phenoxy) is 1. The summed E-state index contributed by atoms with van der Waals surface area (Å²) in [6.07, 6.45) is 0. The van der Waals surface area contributed by atoms with Gasteiger partial charge in [0.05, 0.1) is 30.0 Å². The van der Waals surface area contributed by atoms with E-state index in [1.807, 2.05) is 0 Å². The minimum absolute atomic E-state index is 0.0466. The maximum absolute atomic E-state index is 13.3. The summed E-state index contributed by atoms with van der Waals surface area (Å²) in [7, 11) is 0. The summed E-state index contributed by atoms with van der Waals surface area (Å²) in [6, 6.07) is 15.6. The highest BCUT2D eigenvalue weighted by Crippen LogP contribution is 2.26. The number of benzene rings is 2. The van der Waals surface area contributed by atoms with Crippen LogP contribution in [0.1, 0.15) is 43.8 Å². The van der Waals surface area contributed by atoms with Gasteiger partial charge in [-0.15, -0.1) is 0 Å². The van der Waals surface area contributed by atoms with Gasteiger partial charge in [-0.25, -0.2) is 14.2 Å². The van der Waals surface area contributed by atoms with Crippen molar-refractivity contribution in [3.05, 3.63) is 89.0 Å². The van der Waals surface area contributed by atoms with Crippen LogP contribution in [0.25, 0.3) is 11.1 Å². The molecule has 0 aliphatic carbocycles. The number of imide groups is 1. The molecule has 1 aliphatic heterocycles. The van der Waals surface area contributed by atoms with Gasteiger partial charge in [0.2, 0.25) is 0 Å². The number of fused-ring (bicyclic) bond motifs is 1. The Morgan fingerprint density at radius 2 is 1.60 bits per heavy atom. The number of pyridine rings is 1. The largest absolute Gasteiger partial charge is 0.461 e. The van der Waals surface area contributed by atoms with Gasteiger partial charge in [-0.2, -0.15) is 0 Å². The normalized spacial score (nSPS) is 12.8. The highest BCUT2D eigenvalue weighted by Gasteiger charge is 2.35. The van der Waals surface area contributed by atoms with Gasteiger partial charge >= 0.3 is 5.97 Å². The summed E-state index contributed by atoms with van der Waals surface area (Å²) in [6.45, 7) is 1.75. The van der Waals surface area contributed by atoms with Crippen LogP contribution in [0.5, 0.6) is 0 Å². The van der Waals surface area contributed by atoms with E-state index < -0.39 is 17.8 Å². The fraction of sp³-hybridized carbons (Fsp3) is 0.130. The SMILES string of the molecule is CCOC(=O)c1cc(-c2ccc(F)cc2)cc(CN2C(=O)c3ccccc3C2=O)n1. The third-order valence-electron chi connectivity index (χ3n) is 4.74. The summed E-state index contributed by atoms with van der Waals surface area (Å²) in [5.41, 5.74) is 2.32. The molecule has 1 aliphatic rings. The number of amides is 2. The van der Waals surface area contributed by atoms with E-state index in [1.165, 1.54) is 18.2 Å². The van der Waals surface area contributed by atoms with E-state index in [2.05, 4.69) is 4.98 Å². The molecule has 1 aromatic heterocycles. The maximum atomic E-state index is 13.3. The molecule has 0 saturated carbocycles. The highest BCUT2D eigenvalue weighted by molar-refractivity contribution is 6.21. The summed E-state index contributed by atoms with van der Waals surface area (Å²) in [5, 5.41) is 0. The molecule has 7 heteroatoms. The van der Waals surface area contributed by atoms with Gasteiger partial charge in [-0.1, -0.05) is 24.3 Å². The van der Waals surface area contributed by atoms with E-state index in [-0.39, 0.29) is 24.7 Å². The highest BCUT2D eigenvalue weighted by atomic mass is 19.1. The topological polar surface area (TPSA) is 76.6 Å². The predicted octanol–water partition coefficient (Wildman–Crippen LogP) is 3.86. The van der Waals surface area contributed by atoms with Crippen molar-refractivity contribution in [2.75, 3.05) is 6.61 Å². The molecule has 0 unspecified atom stereocenters. The molecule has 4 rings (SSSR count). The van der Waals surface area contributed by atoms with Crippen LogP contribution in [0, 0.1) is 5.82 Å². The minimum Gasteiger partial charge on any atom is -0.461 e. The predicted molar refractivity (Wildman–Crippen MR) is 106 cm³/mol. The van der Waals surface area contributed by atoms with Crippen molar-refractivity contribution in [2.24, 2.45) is 0 Å². The van der Waals surface area contributed by atoms with E-state index in [0.717, 1.165) is 4.90 Å². The molecule has 2 aromatic carbocycles. The molecule has 3 aromatic rings. The summed E-state index contributed by atoms with van der Waals surface area (Å²) < 4.78 is 18.4. The lowest BCUT2D eigenvalue weighted by Crippen LogP contribution is -2.29. The Kier molecular flexibility index (Phi) is 5.10. The van der Waals surface area contributed by atoms with Gasteiger partial charge < -0.3 is 4.74 Å². The van der Waals surface area contributed by atoms with Crippen LogP contribution in [0.15, 0.2) is 60.7 Å². The van der Waals surface area contributed by atoms with Crippen molar-refractivity contribution in [2.45, 2.75) is 13.5 Å². The maximum Gasteiger partial charge on any atom is 0.356 e. The Labute approximate surface area is 171 Å². The van der Waals surface area contributed by atoms with Crippen molar-refractivity contribution < 1.29 is 23.5 Å². The number of hydrogen-bond acceptors (Lipinski definition) is 5. The van der Waals surface area contributed by atoms with Crippen molar-refractivity contribution in [3.8, 4) is 11.1 Å². The number of halogens is 1. The fourth-order valence-corrected chi connectivity index (χ4v) is 3.33. The van der Waals surface area contributed by atoms with Crippen LogP contribution in [0.3, 0.4) is 0 Å². The molecule has 2 heterocycles. The first-order valence-electron chi connectivity index (χ1n) is 9.37. The number of aromatic nitrogens is 1. The van der Waals surface area contributed by atoms with E-state index in [9.17, 15) is 18.8 Å². The number of esters is 1. The quantitative estimate of drug-likeness (QED) is 0.477. The number of nitrogens with zero attached hydrogens (tertiary/aromatic N) is 2. The molecule has 0 bridgehead atoms. The van der Waals surface area contributed by atoms with Crippen LogP contribution in [0.2, 0.25) is 0 Å². The van der Waals surface area contributed by atoms with Gasteiger partial charge in [0.1, 0.15) is 11.5 Å². The third-order valence-corrected chi connectivity index (χ3v) is 4.74. The third kappa shape index (κ3) is 3.57. The standard InChI is InChI=1S/C23H17FN2O4/c1-2-30-23(29)20-12-15(14-7-9-16(24)10-8-14)11-17(25-20)13-26-21(27)18-5-3-4-6-19(18)22(26)28/h3-12H,2,13H2,1H3. The summed E-state index contributed by atoms with van der Waals surface area (Å²) in [4.78, 5) is 43.0. The zero-order valence-corrected chi connectivity index (χ0v) is 16.1. The molecular weight excluding hydrogens is 387 g/mol. The molecule has 0 N–H and O–H groups in total. The molecule has 30 heavy (non-hydrogen) atoms. The number of carbonyl (C=O) groups excluding carboxylic acids is 3. The Morgan fingerprint density at radius 1 is 0.967 bits per heavy atom. The van der Waals surface area contributed by atoms with Gasteiger partial charge in [-0.3, -0.25) is 14.5 Å². The van der Waals surface area contributed by atoms with E-state index in [1.54, 1.807) is 49.4 Å². The number of carbonyl (C=O) groups is 3. The summed E-state index contributed by atoms with van der Waals surface area (Å²) >= 11 is 0.